The second kappa shape index (κ2) is 11.1. The molecule has 2 rings (SSSR count). The van der Waals surface area contributed by atoms with Gasteiger partial charge in [0.05, 0.1) is 4.92 Å². The van der Waals surface area contributed by atoms with Crippen molar-refractivity contribution in [1.82, 2.24) is 10.2 Å². The number of nitro benzene ring substituents is 1. The van der Waals surface area contributed by atoms with Gasteiger partial charge >= 0.3 is 5.97 Å². The Kier molecular flexibility index (Phi) is 8.54. The quantitative estimate of drug-likeness (QED) is 0.344. The number of amides is 2. The normalized spacial score (nSPS) is 10.2. The molecule has 0 aliphatic rings. The molecule has 1 N–H and O–H groups in total. The number of esters is 1. The van der Waals surface area contributed by atoms with Crippen molar-refractivity contribution in [2.75, 3.05) is 39.2 Å². The van der Waals surface area contributed by atoms with Crippen LogP contribution in [-0.4, -0.2) is 61.9 Å². The van der Waals surface area contributed by atoms with Gasteiger partial charge in [0.1, 0.15) is 11.6 Å². The van der Waals surface area contributed by atoms with Gasteiger partial charge in [-0.1, -0.05) is 23.7 Å². The first-order chi connectivity index (χ1) is 15.1. The number of carbonyl (C=O) groups is 3. The molecule has 2 aromatic carbocycles. The van der Waals surface area contributed by atoms with Crippen molar-refractivity contribution in [2.24, 2.45) is 0 Å². The van der Waals surface area contributed by atoms with E-state index in [9.17, 15) is 24.5 Å². The zero-order valence-corrected chi connectivity index (χ0v) is 18.6. The molecular formula is C21H23ClN4O6. The van der Waals surface area contributed by atoms with E-state index < -0.39 is 41.5 Å². The van der Waals surface area contributed by atoms with Crippen LogP contribution < -0.4 is 10.2 Å². The number of likely N-dealkylation sites (N-methyl/N-ethyl adjacent to an activating group) is 1. The van der Waals surface area contributed by atoms with E-state index in [1.54, 1.807) is 7.05 Å². The first-order valence-corrected chi connectivity index (χ1v) is 9.84. The molecule has 0 radical (unpaired) electrons. The average molecular weight is 463 g/mol. The summed E-state index contributed by atoms with van der Waals surface area (Å²) in [4.78, 5) is 49.7. The fourth-order valence-corrected chi connectivity index (χ4v) is 2.80. The summed E-state index contributed by atoms with van der Waals surface area (Å²) in [6, 6.07) is 11.2. The Morgan fingerprint density at radius 3 is 2.34 bits per heavy atom. The molecule has 0 saturated carbocycles. The second-order valence-electron chi connectivity index (χ2n) is 7.08. The van der Waals surface area contributed by atoms with Crippen molar-refractivity contribution in [1.29, 1.82) is 0 Å². The van der Waals surface area contributed by atoms with Crippen molar-refractivity contribution in [3.63, 3.8) is 0 Å². The highest BCUT2D eigenvalue weighted by Gasteiger charge is 2.18. The Morgan fingerprint density at radius 1 is 1.09 bits per heavy atom. The predicted octanol–water partition coefficient (Wildman–Crippen LogP) is 2.25. The molecule has 0 atom stereocenters. The third-order valence-electron chi connectivity index (χ3n) is 4.45. The van der Waals surface area contributed by atoms with Crippen LogP contribution in [0.25, 0.3) is 0 Å². The van der Waals surface area contributed by atoms with Crippen LogP contribution in [0.3, 0.4) is 0 Å². The molecule has 0 aromatic heterocycles. The lowest BCUT2D eigenvalue weighted by molar-refractivity contribution is -0.384. The maximum absolute atomic E-state index is 12.2. The molecule has 11 heteroatoms. The zero-order valence-electron chi connectivity index (χ0n) is 17.8. The molecule has 2 aromatic rings. The third kappa shape index (κ3) is 6.95. The summed E-state index contributed by atoms with van der Waals surface area (Å²) < 4.78 is 4.90. The minimum atomic E-state index is -0.820. The smallest absolute Gasteiger partial charge is 0.325 e. The minimum absolute atomic E-state index is 0.0370. The average Bonchev–Trinajstić information content (AvgIpc) is 2.76. The Morgan fingerprint density at radius 2 is 1.75 bits per heavy atom. The summed E-state index contributed by atoms with van der Waals surface area (Å²) >= 11 is 5.70. The summed E-state index contributed by atoms with van der Waals surface area (Å²) in [5, 5.41) is 13.1. The number of rotatable bonds is 9. The number of hydrogen-bond donors (Lipinski definition) is 1. The van der Waals surface area contributed by atoms with Gasteiger partial charge in [-0.15, -0.1) is 0 Å². The molecule has 32 heavy (non-hydrogen) atoms. The fraction of sp³-hybridized carbons (Fsp3) is 0.286. The van der Waals surface area contributed by atoms with E-state index in [4.69, 9.17) is 16.3 Å². The number of carbonyl (C=O) groups excluding carboxylic acids is 3. The van der Waals surface area contributed by atoms with Gasteiger partial charge in [-0.2, -0.15) is 0 Å². The summed E-state index contributed by atoms with van der Waals surface area (Å²) in [6.07, 6.45) is 0. The van der Waals surface area contributed by atoms with Crippen molar-refractivity contribution in [3.05, 3.63) is 68.7 Å². The van der Waals surface area contributed by atoms with Crippen molar-refractivity contribution in [2.45, 2.75) is 6.54 Å². The molecule has 0 heterocycles. The molecule has 0 unspecified atom stereocenters. The number of nitrogens with one attached hydrogen (secondary N) is 1. The first-order valence-electron chi connectivity index (χ1n) is 9.46. The molecule has 0 fully saturated rings. The van der Waals surface area contributed by atoms with Crippen molar-refractivity contribution >= 4 is 40.8 Å². The van der Waals surface area contributed by atoms with Gasteiger partial charge in [0, 0.05) is 45.0 Å². The van der Waals surface area contributed by atoms with Gasteiger partial charge in [-0.05, 0) is 29.8 Å². The second-order valence-corrected chi connectivity index (χ2v) is 7.48. The van der Waals surface area contributed by atoms with Crippen LogP contribution >= 0.6 is 11.6 Å². The van der Waals surface area contributed by atoms with Crippen molar-refractivity contribution < 1.29 is 24.0 Å². The Bertz CT molecular complexity index is 1010. The number of benzene rings is 2. The largest absolute Gasteiger partial charge is 0.454 e. The van der Waals surface area contributed by atoms with Crippen LogP contribution in [0, 0.1) is 10.1 Å². The summed E-state index contributed by atoms with van der Waals surface area (Å²) in [6.45, 7) is -0.637. The van der Waals surface area contributed by atoms with Crippen LogP contribution in [-0.2, 0) is 20.9 Å². The number of nitrogens with zero attached hydrogens (tertiary/aromatic N) is 3. The molecule has 10 nitrogen and oxygen atoms in total. The van der Waals surface area contributed by atoms with Crippen LogP contribution in [0.5, 0.6) is 0 Å². The van der Waals surface area contributed by atoms with E-state index in [1.807, 2.05) is 43.3 Å². The molecule has 0 aliphatic carbocycles. The van der Waals surface area contributed by atoms with Gasteiger partial charge in [0.2, 0.25) is 0 Å². The van der Waals surface area contributed by atoms with Gasteiger partial charge in [-0.3, -0.25) is 24.5 Å². The summed E-state index contributed by atoms with van der Waals surface area (Å²) in [5.74, 6) is -1.94. The molecule has 0 spiro atoms. The Balaban J connectivity index is 1.79. The van der Waals surface area contributed by atoms with Crippen LogP contribution in [0.4, 0.5) is 11.4 Å². The molecular weight excluding hydrogens is 440 g/mol. The summed E-state index contributed by atoms with van der Waals surface area (Å²) in [7, 11) is 5.45. The molecule has 0 saturated heterocycles. The molecule has 170 valence electrons. The van der Waals surface area contributed by atoms with E-state index in [-0.39, 0.29) is 10.6 Å². The van der Waals surface area contributed by atoms with Crippen LogP contribution in [0.15, 0.2) is 42.5 Å². The third-order valence-corrected chi connectivity index (χ3v) is 4.77. The van der Waals surface area contributed by atoms with Gasteiger partial charge in [0.15, 0.2) is 6.61 Å². The highest BCUT2D eigenvalue weighted by atomic mass is 35.5. The molecule has 0 bridgehead atoms. The van der Waals surface area contributed by atoms with Gasteiger partial charge < -0.3 is 19.9 Å². The highest BCUT2D eigenvalue weighted by Crippen LogP contribution is 2.25. The van der Waals surface area contributed by atoms with Crippen LogP contribution in [0.2, 0.25) is 5.02 Å². The monoisotopic (exact) mass is 462 g/mol. The Labute approximate surface area is 189 Å². The molecule has 0 aliphatic heterocycles. The zero-order chi connectivity index (χ0) is 23.8. The van der Waals surface area contributed by atoms with E-state index >= 15 is 0 Å². The highest BCUT2D eigenvalue weighted by molar-refractivity contribution is 6.32. The fourth-order valence-electron chi connectivity index (χ4n) is 2.61. The van der Waals surface area contributed by atoms with E-state index in [2.05, 4.69) is 5.32 Å². The maximum atomic E-state index is 12.2. The van der Waals surface area contributed by atoms with Gasteiger partial charge in [0.25, 0.3) is 17.5 Å². The van der Waals surface area contributed by atoms with E-state index in [1.165, 1.54) is 17.0 Å². The standard InChI is InChI=1S/C21H23ClN4O6/c1-24(2)16-7-4-14(5-8-16)12-25(3)19(27)13-32-20(28)11-23-21(29)15-6-9-17(22)18(10-15)26(30)31/h4-10H,11-13H2,1-3H3,(H,23,29). The lowest BCUT2D eigenvalue weighted by Gasteiger charge is -2.18. The topological polar surface area (TPSA) is 122 Å². The number of nitro groups is 1. The predicted molar refractivity (Wildman–Crippen MR) is 119 cm³/mol. The number of anilines is 1. The number of hydrogen-bond acceptors (Lipinski definition) is 7. The molecule has 2 amide bonds. The van der Waals surface area contributed by atoms with Crippen LogP contribution in [0.1, 0.15) is 15.9 Å². The lowest BCUT2D eigenvalue weighted by Crippen LogP contribution is -2.34. The SMILES string of the molecule is CN(Cc1ccc(N(C)C)cc1)C(=O)COC(=O)CNC(=O)c1ccc(Cl)c([N+](=O)[O-])c1. The van der Waals surface area contributed by atoms with Gasteiger partial charge in [-0.25, -0.2) is 0 Å². The van der Waals surface area contributed by atoms with E-state index in [0.717, 1.165) is 17.3 Å². The number of ether oxygens (including phenoxy) is 1. The maximum Gasteiger partial charge on any atom is 0.325 e. The lowest BCUT2D eigenvalue weighted by atomic mass is 10.2. The summed E-state index contributed by atoms with van der Waals surface area (Å²) in [5.41, 5.74) is 1.49. The van der Waals surface area contributed by atoms with Crippen molar-refractivity contribution in [3.8, 4) is 0 Å². The minimum Gasteiger partial charge on any atom is -0.454 e. The Hall–Kier alpha value is -3.66. The van der Waals surface area contributed by atoms with E-state index in [0.29, 0.717) is 6.54 Å². The first kappa shape index (κ1) is 24.6. The number of halogens is 1.